The van der Waals surface area contributed by atoms with Gasteiger partial charge in [0.2, 0.25) is 0 Å². The molecule has 0 heterocycles. The third kappa shape index (κ3) is 6.38. The molecule has 0 aromatic heterocycles. The lowest BCUT2D eigenvalue weighted by Gasteiger charge is -2.23. The molecule has 3 aromatic carbocycles. The number of carbonyl (C=O) groups excluding carboxylic acids is 1. The zero-order chi connectivity index (χ0) is 22.4. The van der Waals surface area contributed by atoms with E-state index in [1.807, 2.05) is 107 Å². The predicted octanol–water partition coefficient (Wildman–Crippen LogP) is 6.55. The molecular formula is C27H28BrNO2. The fourth-order valence-electron chi connectivity index (χ4n) is 3.29. The summed E-state index contributed by atoms with van der Waals surface area (Å²) in [6, 6.07) is 25.3. The summed E-state index contributed by atoms with van der Waals surface area (Å²) in [4.78, 5) is 18.2. The Morgan fingerprint density at radius 3 is 1.97 bits per heavy atom. The summed E-state index contributed by atoms with van der Waals surface area (Å²) in [6.07, 6.45) is 0.445. The molecule has 0 spiro atoms. The second kappa shape index (κ2) is 10.1. The van der Waals surface area contributed by atoms with Crippen LogP contribution in [0.1, 0.15) is 43.0 Å². The maximum absolute atomic E-state index is 13.2. The Kier molecular flexibility index (Phi) is 7.45. The van der Waals surface area contributed by atoms with Crippen LogP contribution in [0.5, 0.6) is 0 Å². The molecule has 3 nitrogen and oxygen atoms in total. The van der Waals surface area contributed by atoms with Gasteiger partial charge in [-0.05, 0) is 38.8 Å². The molecule has 0 radical (unpaired) electrons. The maximum Gasteiger partial charge on any atom is 0.331 e. The quantitative estimate of drug-likeness (QED) is 0.298. The molecule has 0 saturated heterocycles. The zero-order valence-corrected chi connectivity index (χ0v) is 20.0. The first-order chi connectivity index (χ1) is 14.7. The third-order valence-corrected chi connectivity index (χ3v) is 5.88. The van der Waals surface area contributed by atoms with Gasteiger partial charge in [-0.3, -0.25) is 4.99 Å². The van der Waals surface area contributed by atoms with Gasteiger partial charge in [-0.1, -0.05) is 94.8 Å². The molecule has 0 aliphatic rings. The van der Waals surface area contributed by atoms with Gasteiger partial charge in [0.15, 0.2) is 6.04 Å². The van der Waals surface area contributed by atoms with Crippen molar-refractivity contribution >= 4 is 27.6 Å². The van der Waals surface area contributed by atoms with E-state index in [1.165, 1.54) is 0 Å². The van der Waals surface area contributed by atoms with Crippen LogP contribution in [0.4, 0.5) is 0 Å². The highest BCUT2D eigenvalue weighted by atomic mass is 79.9. The summed E-state index contributed by atoms with van der Waals surface area (Å²) in [5.74, 6) is -0.328. The molecule has 0 amide bonds. The van der Waals surface area contributed by atoms with Crippen molar-refractivity contribution in [1.29, 1.82) is 0 Å². The number of benzene rings is 3. The molecular weight excluding hydrogens is 450 g/mol. The van der Waals surface area contributed by atoms with Crippen LogP contribution in [0.15, 0.2) is 88.3 Å². The molecule has 0 fully saturated rings. The molecule has 4 heteroatoms. The average Bonchev–Trinajstić information content (AvgIpc) is 2.74. The molecule has 3 aromatic rings. The second-order valence-electron chi connectivity index (χ2n) is 8.51. The molecule has 0 aliphatic carbocycles. The Morgan fingerprint density at radius 2 is 1.45 bits per heavy atom. The molecule has 0 bridgehead atoms. The summed E-state index contributed by atoms with van der Waals surface area (Å²) < 4.78 is 6.75. The van der Waals surface area contributed by atoms with Crippen LogP contribution < -0.4 is 0 Å². The maximum atomic E-state index is 13.2. The van der Waals surface area contributed by atoms with Gasteiger partial charge in [0.1, 0.15) is 5.60 Å². The fourth-order valence-corrected chi connectivity index (χ4v) is 3.72. The smallest absolute Gasteiger partial charge is 0.331 e. The van der Waals surface area contributed by atoms with Gasteiger partial charge in [-0.15, -0.1) is 0 Å². The molecule has 3 rings (SSSR count). The molecule has 1 atom stereocenters. The van der Waals surface area contributed by atoms with Gasteiger partial charge in [0.25, 0.3) is 0 Å². The molecule has 0 aliphatic heterocycles. The lowest BCUT2D eigenvalue weighted by Crippen LogP contribution is -2.33. The standard InChI is InChI=1S/C27H28BrNO2/c1-19-12-11-17-22(24(19)28)18-23(26(30)31-27(2,3)4)29-25(20-13-7-5-8-14-20)21-15-9-6-10-16-21/h5-17,23H,18H2,1-4H3/t23-/m0/s1. The Morgan fingerprint density at radius 1 is 0.903 bits per heavy atom. The van der Waals surface area contributed by atoms with E-state index in [0.717, 1.165) is 32.4 Å². The third-order valence-electron chi connectivity index (χ3n) is 4.74. The van der Waals surface area contributed by atoms with E-state index in [9.17, 15) is 4.79 Å². The Balaban J connectivity index is 2.10. The fraction of sp³-hybridized carbons (Fsp3) is 0.259. The van der Waals surface area contributed by atoms with Crippen LogP contribution in [-0.4, -0.2) is 23.3 Å². The Labute approximate surface area is 193 Å². The number of carbonyl (C=O) groups is 1. The minimum absolute atomic E-state index is 0.328. The van der Waals surface area contributed by atoms with E-state index < -0.39 is 11.6 Å². The molecule has 31 heavy (non-hydrogen) atoms. The monoisotopic (exact) mass is 477 g/mol. The van der Waals surface area contributed by atoms with Crippen LogP contribution in [0, 0.1) is 6.92 Å². The van der Waals surface area contributed by atoms with Crippen molar-refractivity contribution < 1.29 is 9.53 Å². The van der Waals surface area contributed by atoms with Crippen molar-refractivity contribution in [3.05, 3.63) is 106 Å². The van der Waals surface area contributed by atoms with E-state index >= 15 is 0 Å². The lowest BCUT2D eigenvalue weighted by atomic mass is 10.00. The first kappa shape index (κ1) is 23.0. The molecule has 160 valence electrons. The number of hydrogen-bond donors (Lipinski definition) is 0. The van der Waals surface area contributed by atoms with Crippen molar-refractivity contribution in [2.24, 2.45) is 4.99 Å². The van der Waals surface area contributed by atoms with Crippen LogP contribution in [0.2, 0.25) is 0 Å². The Bertz CT molecular complexity index is 1010. The van der Waals surface area contributed by atoms with Crippen molar-refractivity contribution in [3.63, 3.8) is 0 Å². The van der Waals surface area contributed by atoms with E-state index in [2.05, 4.69) is 15.9 Å². The van der Waals surface area contributed by atoms with Gasteiger partial charge < -0.3 is 4.74 Å². The van der Waals surface area contributed by atoms with Gasteiger partial charge in [0.05, 0.1) is 5.71 Å². The first-order valence-corrected chi connectivity index (χ1v) is 11.2. The number of esters is 1. The second-order valence-corrected chi connectivity index (χ2v) is 9.30. The minimum atomic E-state index is -0.673. The summed E-state index contributed by atoms with van der Waals surface area (Å²) in [6.45, 7) is 7.68. The van der Waals surface area contributed by atoms with Gasteiger partial charge in [0, 0.05) is 22.0 Å². The molecule has 0 saturated carbocycles. The van der Waals surface area contributed by atoms with Crippen LogP contribution in [0.25, 0.3) is 0 Å². The molecule has 0 unspecified atom stereocenters. The number of aliphatic imine (C=N–C) groups is 1. The number of halogens is 1. The highest BCUT2D eigenvalue weighted by Gasteiger charge is 2.27. The zero-order valence-electron chi connectivity index (χ0n) is 18.4. The number of nitrogens with zero attached hydrogens (tertiary/aromatic N) is 1. The van der Waals surface area contributed by atoms with E-state index in [4.69, 9.17) is 9.73 Å². The normalized spacial score (nSPS) is 12.2. The number of hydrogen-bond acceptors (Lipinski definition) is 3. The highest BCUT2D eigenvalue weighted by molar-refractivity contribution is 9.10. The van der Waals surface area contributed by atoms with Crippen molar-refractivity contribution in [2.45, 2.75) is 45.8 Å². The summed E-state index contributed by atoms with van der Waals surface area (Å²) in [5.41, 5.74) is 4.27. The summed E-state index contributed by atoms with van der Waals surface area (Å²) in [7, 11) is 0. The van der Waals surface area contributed by atoms with Crippen LogP contribution in [-0.2, 0) is 16.0 Å². The first-order valence-electron chi connectivity index (χ1n) is 10.4. The number of ether oxygens (including phenoxy) is 1. The lowest BCUT2D eigenvalue weighted by molar-refractivity contribution is -0.156. The van der Waals surface area contributed by atoms with Crippen molar-refractivity contribution in [3.8, 4) is 0 Å². The topological polar surface area (TPSA) is 38.7 Å². The number of aryl methyl sites for hydroxylation is 1. The van der Waals surface area contributed by atoms with E-state index in [-0.39, 0.29) is 5.97 Å². The van der Waals surface area contributed by atoms with Gasteiger partial charge >= 0.3 is 5.97 Å². The van der Waals surface area contributed by atoms with Crippen LogP contribution in [0.3, 0.4) is 0 Å². The minimum Gasteiger partial charge on any atom is -0.458 e. The van der Waals surface area contributed by atoms with Crippen molar-refractivity contribution in [1.82, 2.24) is 0 Å². The van der Waals surface area contributed by atoms with E-state index in [1.54, 1.807) is 0 Å². The number of rotatable bonds is 6. The highest BCUT2D eigenvalue weighted by Crippen LogP contribution is 2.25. The molecule has 0 N–H and O–H groups in total. The van der Waals surface area contributed by atoms with Crippen LogP contribution >= 0.6 is 15.9 Å². The SMILES string of the molecule is Cc1cccc(C[C@H](N=C(c2ccccc2)c2ccccc2)C(=O)OC(C)(C)C)c1Br. The van der Waals surface area contributed by atoms with Gasteiger partial charge in [-0.25, -0.2) is 4.79 Å². The van der Waals surface area contributed by atoms with E-state index in [0.29, 0.717) is 6.42 Å². The largest absolute Gasteiger partial charge is 0.458 e. The van der Waals surface area contributed by atoms with Gasteiger partial charge in [-0.2, -0.15) is 0 Å². The predicted molar refractivity (Wildman–Crippen MR) is 131 cm³/mol. The average molecular weight is 478 g/mol. The summed E-state index contributed by atoms with van der Waals surface area (Å²) in [5, 5.41) is 0. The van der Waals surface area contributed by atoms with Crippen molar-refractivity contribution in [2.75, 3.05) is 0 Å². The Hall–Kier alpha value is -2.72. The summed E-state index contributed by atoms with van der Waals surface area (Å²) >= 11 is 3.67.